The maximum absolute atomic E-state index is 12.4. The molecule has 0 aliphatic carbocycles. The Morgan fingerprint density at radius 1 is 1.19 bits per heavy atom. The van der Waals surface area contributed by atoms with E-state index in [1.54, 1.807) is 53.3 Å². The lowest BCUT2D eigenvalue weighted by atomic mass is 10.2. The van der Waals surface area contributed by atoms with Gasteiger partial charge in [0.15, 0.2) is 0 Å². The van der Waals surface area contributed by atoms with Crippen molar-refractivity contribution in [1.29, 1.82) is 0 Å². The minimum atomic E-state index is -2.93. The van der Waals surface area contributed by atoms with Gasteiger partial charge in [-0.2, -0.15) is 13.9 Å². The fraction of sp³-hybridized carbons (Fsp3) is 0.111. The second-order valence-electron chi connectivity index (χ2n) is 5.32. The zero-order chi connectivity index (χ0) is 18.5. The number of rotatable bonds is 6. The third-order valence-corrected chi connectivity index (χ3v) is 3.82. The van der Waals surface area contributed by atoms with Gasteiger partial charge in [0, 0.05) is 23.3 Å². The van der Waals surface area contributed by atoms with Gasteiger partial charge < -0.3 is 10.1 Å². The molecular formula is C18H14ClF2N3O2. The van der Waals surface area contributed by atoms with Crippen molar-refractivity contribution < 1.29 is 18.3 Å². The number of para-hydroxylation sites is 1. The number of benzene rings is 2. The van der Waals surface area contributed by atoms with Gasteiger partial charge in [0.05, 0.1) is 17.4 Å². The van der Waals surface area contributed by atoms with Crippen LogP contribution in [0.4, 0.5) is 8.78 Å². The second-order valence-corrected chi connectivity index (χ2v) is 5.76. The van der Waals surface area contributed by atoms with Crippen molar-refractivity contribution in [1.82, 2.24) is 15.1 Å². The summed E-state index contributed by atoms with van der Waals surface area (Å²) in [6.45, 7) is -2.88. The highest BCUT2D eigenvalue weighted by Gasteiger charge is 2.12. The summed E-state index contributed by atoms with van der Waals surface area (Å²) < 4.78 is 30.8. The van der Waals surface area contributed by atoms with E-state index in [2.05, 4.69) is 15.2 Å². The lowest BCUT2D eigenvalue weighted by Gasteiger charge is -2.10. The van der Waals surface area contributed by atoms with Crippen LogP contribution in [0.25, 0.3) is 5.69 Å². The first-order valence-electron chi connectivity index (χ1n) is 7.64. The average Bonchev–Trinajstić information content (AvgIpc) is 3.11. The minimum Gasteiger partial charge on any atom is -0.434 e. The Labute approximate surface area is 153 Å². The lowest BCUT2D eigenvalue weighted by molar-refractivity contribution is -0.0504. The summed E-state index contributed by atoms with van der Waals surface area (Å²) >= 11 is 5.85. The SMILES string of the molecule is O=C(NCc1ccccc1OC(F)F)c1cnn(-c2ccc(Cl)cc2)c1. The molecule has 0 unspecified atom stereocenters. The molecule has 0 saturated carbocycles. The van der Waals surface area contributed by atoms with Gasteiger partial charge in [-0.1, -0.05) is 29.8 Å². The predicted molar refractivity (Wildman–Crippen MR) is 92.8 cm³/mol. The van der Waals surface area contributed by atoms with Crippen LogP contribution in [0.2, 0.25) is 5.02 Å². The Kier molecular flexibility index (Phi) is 5.48. The fourth-order valence-corrected chi connectivity index (χ4v) is 2.44. The van der Waals surface area contributed by atoms with Crippen LogP contribution in [0.5, 0.6) is 5.75 Å². The normalized spacial score (nSPS) is 10.8. The summed E-state index contributed by atoms with van der Waals surface area (Å²) in [5.74, 6) is -0.350. The molecule has 1 aromatic heterocycles. The van der Waals surface area contributed by atoms with E-state index in [1.807, 2.05) is 0 Å². The van der Waals surface area contributed by atoms with Crippen molar-refractivity contribution in [2.24, 2.45) is 0 Å². The van der Waals surface area contributed by atoms with Gasteiger partial charge in [-0.05, 0) is 30.3 Å². The van der Waals surface area contributed by atoms with Crippen LogP contribution in [-0.4, -0.2) is 22.3 Å². The molecule has 26 heavy (non-hydrogen) atoms. The van der Waals surface area contributed by atoms with Crippen molar-refractivity contribution in [2.75, 3.05) is 0 Å². The van der Waals surface area contributed by atoms with Crippen molar-refractivity contribution in [3.05, 3.63) is 77.1 Å². The summed E-state index contributed by atoms with van der Waals surface area (Å²) in [6, 6.07) is 13.3. The zero-order valence-electron chi connectivity index (χ0n) is 13.4. The largest absolute Gasteiger partial charge is 0.434 e. The topological polar surface area (TPSA) is 56.1 Å². The Bertz CT molecular complexity index is 897. The van der Waals surface area contributed by atoms with Crippen LogP contribution in [0.15, 0.2) is 60.9 Å². The van der Waals surface area contributed by atoms with Gasteiger partial charge >= 0.3 is 6.61 Å². The summed E-state index contributed by atoms with van der Waals surface area (Å²) in [4.78, 5) is 12.3. The van der Waals surface area contributed by atoms with Gasteiger partial charge in [0.2, 0.25) is 0 Å². The van der Waals surface area contributed by atoms with Crippen molar-refractivity contribution in [3.63, 3.8) is 0 Å². The highest BCUT2D eigenvalue weighted by molar-refractivity contribution is 6.30. The van der Waals surface area contributed by atoms with E-state index < -0.39 is 6.61 Å². The molecule has 0 aliphatic rings. The van der Waals surface area contributed by atoms with E-state index in [0.29, 0.717) is 16.1 Å². The summed E-state index contributed by atoms with van der Waals surface area (Å²) in [6.07, 6.45) is 2.99. The number of ether oxygens (including phenoxy) is 1. The van der Waals surface area contributed by atoms with Gasteiger partial charge in [0.1, 0.15) is 5.75 Å². The Hall–Kier alpha value is -2.93. The molecule has 134 valence electrons. The standard InChI is InChI=1S/C18H14ClF2N3O2/c19-14-5-7-15(8-6-14)24-11-13(10-23-24)17(25)22-9-12-3-1-2-4-16(12)26-18(20)21/h1-8,10-11,18H,9H2,(H,22,25). The number of nitrogens with zero attached hydrogens (tertiary/aromatic N) is 2. The summed E-state index contributed by atoms with van der Waals surface area (Å²) in [7, 11) is 0. The molecule has 5 nitrogen and oxygen atoms in total. The minimum absolute atomic E-state index is 0.0275. The number of amides is 1. The monoisotopic (exact) mass is 377 g/mol. The molecule has 2 aromatic carbocycles. The van der Waals surface area contributed by atoms with Crippen molar-refractivity contribution in [2.45, 2.75) is 13.2 Å². The maximum atomic E-state index is 12.4. The number of carbonyl (C=O) groups is 1. The van der Waals surface area contributed by atoms with Gasteiger partial charge in [-0.25, -0.2) is 4.68 Å². The molecule has 0 atom stereocenters. The fourth-order valence-electron chi connectivity index (χ4n) is 2.31. The van der Waals surface area contributed by atoms with Gasteiger partial charge in [0.25, 0.3) is 5.91 Å². The molecule has 8 heteroatoms. The van der Waals surface area contributed by atoms with E-state index in [0.717, 1.165) is 5.69 Å². The Morgan fingerprint density at radius 2 is 1.92 bits per heavy atom. The van der Waals surface area contributed by atoms with Crippen LogP contribution < -0.4 is 10.1 Å². The molecule has 3 rings (SSSR count). The molecule has 3 aromatic rings. The highest BCUT2D eigenvalue weighted by Crippen LogP contribution is 2.20. The molecule has 0 radical (unpaired) electrons. The van der Waals surface area contributed by atoms with E-state index in [1.165, 1.54) is 12.3 Å². The second kappa shape index (κ2) is 7.97. The summed E-state index contributed by atoms with van der Waals surface area (Å²) in [5, 5.41) is 7.40. The Balaban J connectivity index is 1.67. The third kappa shape index (κ3) is 4.37. The molecule has 0 fully saturated rings. The summed E-state index contributed by atoms with van der Waals surface area (Å²) in [5.41, 5.74) is 1.54. The average molecular weight is 378 g/mol. The molecule has 0 aliphatic heterocycles. The first-order valence-corrected chi connectivity index (χ1v) is 8.02. The van der Waals surface area contributed by atoms with Crippen LogP contribution in [0.3, 0.4) is 0 Å². The van der Waals surface area contributed by atoms with E-state index in [4.69, 9.17) is 11.6 Å². The molecule has 1 amide bonds. The predicted octanol–water partition coefficient (Wildman–Crippen LogP) is 4.06. The van der Waals surface area contributed by atoms with Gasteiger partial charge in [-0.3, -0.25) is 4.79 Å². The zero-order valence-corrected chi connectivity index (χ0v) is 14.2. The number of aromatic nitrogens is 2. The van der Waals surface area contributed by atoms with Crippen LogP contribution in [0, 0.1) is 0 Å². The number of carbonyl (C=O) groups excluding carboxylic acids is 1. The van der Waals surface area contributed by atoms with Crippen LogP contribution in [0.1, 0.15) is 15.9 Å². The first-order chi connectivity index (χ1) is 12.5. The molecule has 0 bridgehead atoms. The maximum Gasteiger partial charge on any atom is 0.387 e. The number of nitrogens with one attached hydrogen (secondary N) is 1. The van der Waals surface area contributed by atoms with E-state index >= 15 is 0 Å². The molecule has 0 saturated heterocycles. The Morgan fingerprint density at radius 3 is 2.65 bits per heavy atom. The number of alkyl halides is 2. The first kappa shape index (κ1) is 17.9. The van der Waals surface area contributed by atoms with Crippen LogP contribution in [-0.2, 0) is 6.54 Å². The smallest absolute Gasteiger partial charge is 0.387 e. The number of hydrogen-bond donors (Lipinski definition) is 1. The number of hydrogen-bond acceptors (Lipinski definition) is 3. The van der Waals surface area contributed by atoms with E-state index in [9.17, 15) is 13.6 Å². The lowest BCUT2D eigenvalue weighted by Crippen LogP contribution is -2.23. The highest BCUT2D eigenvalue weighted by atomic mass is 35.5. The third-order valence-electron chi connectivity index (χ3n) is 3.56. The van der Waals surface area contributed by atoms with Gasteiger partial charge in [-0.15, -0.1) is 0 Å². The molecule has 1 N–H and O–H groups in total. The van der Waals surface area contributed by atoms with Crippen molar-refractivity contribution >= 4 is 17.5 Å². The molecule has 1 heterocycles. The van der Waals surface area contributed by atoms with E-state index in [-0.39, 0.29) is 18.2 Å². The molecular weight excluding hydrogens is 364 g/mol. The molecule has 0 spiro atoms. The number of halogens is 3. The van der Waals surface area contributed by atoms with Crippen LogP contribution >= 0.6 is 11.6 Å². The quantitative estimate of drug-likeness (QED) is 0.705. The van der Waals surface area contributed by atoms with Crippen molar-refractivity contribution in [3.8, 4) is 11.4 Å².